The third-order valence-corrected chi connectivity index (χ3v) is 6.07. The zero-order chi connectivity index (χ0) is 21.9. The summed E-state index contributed by atoms with van der Waals surface area (Å²) in [6.07, 6.45) is 4.77. The number of hydrogen-bond acceptors (Lipinski definition) is 5. The van der Waals surface area contributed by atoms with Crippen LogP contribution in [-0.4, -0.2) is 45.7 Å². The molecule has 0 aromatic carbocycles. The first-order valence-corrected chi connectivity index (χ1v) is 11.3. The summed E-state index contributed by atoms with van der Waals surface area (Å²) >= 11 is 0. The van der Waals surface area contributed by atoms with Crippen LogP contribution >= 0.6 is 0 Å². The predicted molar refractivity (Wildman–Crippen MR) is 114 cm³/mol. The Balaban J connectivity index is 1.34. The Bertz CT molecular complexity index is 752. The standard InChI is InChI=1S/C22H37N5O3/c1-14(2)27-19-11-9-16-15(8-10-18(19)25-26-27)17(16)13-30-21(29)23-12-6-7-20(28)24-22(3,4)5/h14-17H,6-13H2,1-5H3,(H,23,29)(H,24,28)/t15-,16+,17-/m1/s1. The van der Waals surface area contributed by atoms with Gasteiger partial charge in [-0.3, -0.25) is 4.79 Å². The maximum atomic E-state index is 12.0. The van der Waals surface area contributed by atoms with Crippen molar-refractivity contribution in [1.29, 1.82) is 0 Å². The fourth-order valence-corrected chi connectivity index (χ4v) is 4.59. The van der Waals surface area contributed by atoms with Gasteiger partial charge in [0.2, 0.25) is 5.91 Å². The van der Waals surface area contributed by atoms with Crippen LogP contribution in [-0.2, 0) is 22.4 Å². The number of carbonyl (C=O) groups is 2. The molecule has 0 spiro atoms. The molecule has 0 aliphatic heterocycles. The summed E-state index contributed by atoms with van der Waals surface area (Å²) in [5, 5.41) is 14.4. The van der Waals surface area contributed by atoms with E-state index in [1.807, 2.05) is 20.8 Å². The number of fused-ring (bicyclic) bond motifs is 2. The molecule has 2 aliphatic carbocycles. The summed E-state index contributed by atoms with van der Waals surface area (Å²) in [7, 11) is 0. The molecule has 0 saturated heterocycles. The van der Waals surface area contributed by atoms with Crippen molar-refractivity contribution in [3.63, 3.8) is 0 Å². The van der Waals surface area contributed by atoms with E-state index in [9.17, 15) is 9.59 Å². The summed E-state index contributed by atoms with van der Waals surface area (Å²) in [6.45, 7) is 11.1. The zero-order valence-corrected chi connectivity index (χ0v) is 19.0. The fourth-order valence-electron chi connectivity index (χ4n) is 4.59. The number of alkyl carbamates (subject to hydrolysis) is 1. The summed E-state index contributed by atoms with van der Waals surface area (Å²) in [6, 6.07) is 0.332. The number of rotatable bonds is 7. The monoisotopic (exact) mass is 419 g/mol. The topological polar surface area (TPSA) is 98.1 Å². The van der Waals surface area contributed by atoms with Crippen molar-refractivity contribution in [2.45, 2.75) is 84.7 Å². The molecule has 2 N–H and O–H groups in total. The molecule has 2 aliphatic rings. The van der Waals surface area contributed by atoms with E-state index in [4.69, 9.17) is 4.74 Å². The lowest BCUT2D eigenvalue weighted by molar-refractivity contribution is -0.122. The second kappa shape index (κ2) is 9.35. The highest BCUT2D eigenvalue weighted by Gasteiger charge is 2.50. The lowest BCUT2D eigenvalue weighted by Crippen LogP contribution is -2.40. The summed E-state index contributed by atoms with van der Waals surface area (Å²) in [4.78, 5) is 23.8. The van der Waals surface area contributed by atoms with E-state index in [1.54, 1.807) is 0 Å². The second-order valence-electron chi connectivity index (χ2n) is 10.0. The van der Waals surface area contributed by atoms with E-state index in [0.717, 1.165) is 31.4 Å². The Labute approximate surface area is 179 Å². The largest absolute Gasteiger partial charge is 0.449 e. The Morgan fingerprint density at radius 3 is 2.57 bits per heavy atom. The molecular formula is C22H37N5O3. The Morgan fingerprint density at radius 1 is 1.20 bits per heavy atom. The van der Waals surface area contributed by atoms with Gasteiger partial charge in [0.05, 0.1) is 18.0 Å². The minimum atomic E-state index is -0.383. The van der Waals surface area contributed by atoms with E-state index >= 15 is 0 Å². The highest BCUT2D eigenvalue weighted by molar-refractivity contribution is 5.76. The maximum Gasteiger partial charge on any atom is 0.407 e. The first-order chi connectivity index (χ1) is 14.2. The van der Waals surface area contributed by atoms with Crippen LogP contribution in [0.25, 0.3) is 0 Å². The molecular weight excluding hydrogens is 382 g/mol. The van der Waals surface area contributed by atoms with Crippen molar-refractivity contribution in [2.75, 3.05) is 13.2 Å². The van der Waals surface area contributed by atoms with E-state index in [0.29, 0.717) is 49.8 Å². The van der Waals surface area contributed by atoms with Crippen LogP contribution in [0.3, 0.4) is 0 Å². The number of amides is 2. The molecule has 3 rings (SSSR count). The van der Waals surface area contributed by atoms with E-state index in [-0.39, 0.29) is 17.5 Å². The quantitative estimate of drug-likeness (QED) is 0.662. The molecule has 8 nitrogen and oxygen atoms in total. The first-order valence-electron chi connectivity index (χ1n) is 11.3. The summed E-state index contributed by atoms with van der Waals surface area (Å²) in [5.74, 6) is 1.71. The first kappa shape index (κ1) is 22.6. The van der Waals surface area contributed by atoms with Crippen molar-refractivity contribution in [2.24, 2.45) is 17.8 Å². The van der Waals surface area contributed by atoms with Crippen molar-refractivity contribution in [3.05, 3.63) is 11.4 Å². The van der Waals surface area contributed by atoms with Gasteiger partial charge in [0, 0.05) is 24.5 Å². The molecule has 3 atom stereocenters. The Hall–Kier alpha value is -2.12. The van der Waals surface area contributed by atoms with Crippen molar-refractivity contribution in [3.8, 4) is 0 Å². The summed E-state index contributed by atoms with van der Waals surface area (Å²) < 4.78 is 7.52. The SMILES string of the molecule is CC(C)n1nnc2c1CC[C@H]1[C@@H](CC2)[C@H]1COC(=O)NCCCC(=O)NC(C)(C)C. The molecule has 8 heteroatoms. The van der Waals surface area contributed by atoms with Gasteiger partial charge < -0.3 is 15.4 Å². The average molecular weight is 420 g/mol. The predicted octanol–water partition coefficient (Wildman–Crippen LogP) is 3.02. The molecule has 168 valence electrons. The molecule has 1 aromatic heterocycles. The van der Waals surface area contributed by atoms with Gasteiger partial charge in [0.25, 0.3) is 0 Å². The molecule has 1 saturated carbocycles. The minimum absolute atomic E-state index is 0.00271. The summed E-state index contributed by atoms with van der Waals surface area (Å²) in [5.41, 5.74) is 2.19. The van der Waals surface area contributed by atoms with Gasteiger partial charge in [-0.05, 0) is 84.5 Å². The second-order valence-corrected chi connectivity index (χ2v) is 10.0. The van der Waals surface area contributed by atoms with Crippen LogP contribution in [0.1, 0.15) is 77.7 Å². The molecule has 1 fully saturated rings. The molecule has 1 heterocycles. The fraction of sp³-hybridized carbons (Fsp3) is 0.818. The Morgan fingerprint density at radius 2 is 1.90 bits per heavy atom. The van der Waals surface area contributed by atoms with Gasteiger partial charge in [-0.2, -0.15) is 0 Å². The number of aryl methyl sites for hydroxylation is 1. The van der Waals surface area contributed by atoms with E-state index < -0.39 is 0 Å². The van der Waals surface area contributed by atoms with Crippen LogP contribution in [0.15, 0.2) is 0 Å². The number of ether oxygens (including phenoxy) is 1. The smallest absolute Gasteiger partial charge is 0.407 e. The van der Waals surface area contributed by atoms with Crippen LogP contribution < -0.4 is 10.6 Å². The highest BCUT2D eigenvalue weighted by Crippen LogP contribution is 2.52. The third-order valence-electron chi connectivity index (χ3n) is 6.07. The van der Waals surface area contributed by atoms with Gasteiger partial charge in [0.1, 0.15) is 0 Å². The molecule has 0 bridgehead atoms. The van der Waals surface area contributed by atoms with E-state index in [1.165, 1.54) is 5.69 Å². The third kappa shape index (κ3) is 5.95. The molecule has 2 amide bonds. The van der Waals surface area contributed by atoms with Gasteiger partial charge in [0.15, 0.2) is 0 Å². The number of carbonyl (C=O) groups excluding carboxylic acids is 2. The lowest BCUT2D eigenvalue weighted by Gasteiger charge is -2.20. The van der Waals surface area contributed by atoms with Crippen LogP contribution in [0.5, 0.6) is 0 Å². The number of aromatic nitrogens is 3. The number of nitrogens with zero attached hydrogens (tertiary/aromatic N) is 3. The normalized spacial score (nSPS) is 23.1. The highest BCUT2D eigenvalue weighted by atomic mass is 16.5. The van der Waals surface area contributed by atoms with Crippen molar-refractivity contribution >= 4 is 12.0 Å². The van der Waals surface area contributed by atoms with Gasteiger partial charge >= 0.3 is 6.09 Å². The maximum absolute atomic E-state index is 12.0. The van der Waals surface area contributed by atoms with Crippen molar-refractivity contribution < 1.29 is 14.3 Å². The molecule has 0 unspecified atom stereocenters. The van der Waals surface area contributed by atoms with Crippen LogP contribution in [0.4, 0.5) is 4.79 Å². The molecule has 1 aromatic rings. The van der Waals surface area contributed by atoms with Gasteiger partial charge in [-0.1, -0.05) is 5.21 Å². The lowest BCUT2D eigenvalue weighted by atomic mass is 10.0. The van der Waals surface area contributed by atoms with E-state index in [2.05, 4.69) is 39.5 Å². The molecule has 30 heavy (non-hydrogen) atoms. The Kier molecular flexibility index (Phi) is 7.03. The zero-order valence-electron chi connectivity index (χ0n) is 19.0. The van der Waals surface area contributed by atoms with Gasteiger partial charge in [-0.15, -0.1) is 5.10 Å². The van der Waals surface area contributed by atoms with Crippen LogP contribution in [0, 0.1) is 17.8 Å². The van der Waals surface area contributed by atoms with Crippen molar-refractivity contribution in [1.82, 2.24) is 25.6 Å². The molecule has 0 radical (unpaired) electrons. The number of hydrogen-bond donors (Lipinski definition) is 2. The average Bonchev–Trinajstić information content (AvgIpc) is 3.11. The minimum Gasteiger partial charge on any atom is -0.449 e. The van der Waals surface area contributed by atoms with Gasteiger partial charge in [-0.25, -0.2) is 9.48 Å². The van der Waals surface area contributed by atoms with Crippen LogP contribution in [0.2, 0.25) is 0 Å². The number of nitrogens with one attached hydrogen (secondary N) is 2.